The summed E-state index contributed by atoms with van der Waals surface area (Å²) in [6, 6.07) is 13.7. The molecule has 9 heteroatoms. The molecule has 0 radical (unpaired) electrons. The molecule has 0 unspecified atom stereocenters. The molecule has 0 spiro atoms. The largest absolute Gasteiger partial charge is 0.489 e. The second-order valence-corrected chi connectivity index (χ2v) is 7.62. The van der Waals surface area contributed by atoms with Crippen molar-refractivity contribution in [2.75, 3.05) is 0 Å². The van der Waals surface area contributed by atoms with Gasteiger partial charge in [-0.1, -0.05) is 50.2 Å². The smallest absolute Gasteiger partial charge is 0.420 e. The highest BCUT2D eigenvalue weighted by molar-refractivity contribution is 5.95. The van der Waals surface area contributed by atoms with Crippen LogP contribution < -0.4 is 10.5 Å². The number of ether oxygens (including phenoxy) is 1. The summed E-state index contributed by atoms with van der Waals surface area (Å²) in [5.74, 6) is -1.42. The molecule has 0 fully saturated rings. The first-order chi connectivity index (χ1) is 17.2. The first-order valence-corrected chi connectivity index (χ1v) is 11.2. The van der Waals surface area contributed by atoms with Gasteiger partial charge >= 0.3 is 12.1 Å². The van der Waals surface area contributed by atoms with Crippen molar-refractivity contribution in [2.45, 2.75) is 39.6 Å². The molecule has 5 nitrogen and oxygen atoms in total. The monoisotopic (exact) mass is 503 g/mol. The zero-order chi connectivity index (χ0) is 26.5. The van der Waals surface area contributed by atoms with E-state index in [0.717, 1.165) is 0 Å². The molecule has 190 valence electrons. The van der Waals surface area contributed by atoms with E-state index in [1.165, 1.54) is 24.3 Å². The van der Waals surface area contributed by atoms with E-state index in [1.54, 1.807) is 30.3 Å². The molecule has 1 heterocycles. The van der Waals surface area contributed by atoms with Gasteiger partial charge in [-0.25, -0.2) is 4.39 Å². The predicted octanol–water partition coefficient (Wildman–Crippen LogP) is 6.95. The number of nitrogens with two attached hydrogens (primary N) is 1. The summed E-state index contributed by atoms with van der Waals surface area (Å²) in [4.78, 5) is 11.1. The van der Waals surface area contributed by atoms with Crippen LogP contribution in [0.15, 0.2) is 65.3 Å². The normalized spacial score (nSPS) is 11.2. The third kappa shape index (κ3) is 5.68. The molecule has 4 rings (SSSR count). The number of alkyl halides is 3. The number of para-hydroxylation sites is 1. The number of fused-ring (bicyclic) bond motifs is 1. The summed E-state index contributed by atoms with van der Waals surface area (Å²) in [5.41, 5.74) is 5.59. The van der Waals surface area contributed by atoms with Gasteiger partial charge in [0.05, 0.1) is 6.42 Å². The molecule has 4 aromatic rings. The van der Waals surface area contributed by atoms with Crippen LogP contribution in [0.5, 0.6) is 5.75 Å². The lowest BCUT2D eigenvalue weighted by molar-refractivity contribution is -0.137. The lowest BCUT2D eigenvalue weighted by atomic mass is 9.97. The van der Waals surface area contributed by atoms with Gasteiger partial charge in [0.1, 0.15) is 35.6 Å². The van der Waals surface area contributed by atoms with E-state index in [-0.39, 0.29) is 53.0 Å². The minimum absolute atomic E-state index is 0.0455. The first-order valence-electron chi connectivity index (χ1n) is 11.2. The lowest BCUT2D eigenvalue weighted by Gasteiger charge is -2.13. The maximum atomic E-state index is 15.1. The summed E-state index contributed by atoms with van der Waals surface area (Å²) >= 11 is 0. The van der Waals surface area contributed by atoms with Gasteiger partial charge in [0.2, 0.25) is 0 Å². The molecule has 0 amide bonds. The molecule has 0 atom stereocenters. The minimum atomic E-state index is -4.69. The molecular formula is C27H25F4NO4. The van der Waals surface area contributed by atoms with Crippen molar-refractivity contribution in [3.8, 4) is 16.9 Å². The summed E-state index contributed by atoms with van der Waals surface area (Å²) < 4.78 is 66.9. The van der Waals surface area contributed by atoms with E-state index in [0.29, 0.717) is 17.4 Å². The third-order valence-electron chi connectivity index (χ3n) is 5.34. The van der Waals surface area contributed by atoms with Crippen LogP contribution in [0.25, 0.3) is 22.1 Å². The Hall–Kier alpha value is -3.85. The van der Waals surface area contributed by atoms with E-state index >= 15 is 4.39 Å². The number of carboxylic acids is 1. The average Bonchev–Trinajstić information content (AvgIpc) is 3.29. The van der Waals surface area contributed by atoms with Gasteiger partial charge in [0.25, 0.3) is 0 Å². The number of halogens is 4. The van der Waals surface area contributed by atoms with Crippen LogP contribution in [0, 0.1) is 5.82 Å². The van der Waals surface area contributed by atoms with Crippen LogP contribution in [0.1, 0.15) is 36.1 Å². The highest BCUT2D eigenvalue weighted by Gasteiger charge is 2.35. The third-order valence-corrected chi connectivity index (χ3v) is 5.34. The van der Waals surface area contributed by atoms with Gasteiger partial charge in [-0.05, 0) is 23.8 Å². The summed E-state index contributed by atoms with van der Waals surface area (Å²) in [6.07, 6.45) is -4.36. The van der Waals surface area contributed by atoms with Gasteiger partial charge in [-0.15, -0.1) is 0 Å². The van der Waals surface area contributed by atoms with Crippen molar-refractivity contribution in [1.82, 2.24) is 0 Å². The molecule has 36 heavy (non-hydrogen) atoms. The van der Waals surface area contributed by atoms with E-state index in [2.05, 4.69) is 0 Å². The summed E-state index contributed by atoms with van der Waals surface area (Å²) in [6.45, 7) is 3.73. The second kappa shape index (κ2) is 11.3. The van der Waals surface area contributed by atoms with Crippen LogP contribution in [0.2, 0.25) is 0 Å². The zero-order valence-corrected chi connectivity index (χ0v) is 19.7. The van der Waals surface area contributed by atoms with Gasteiger partial charge in [-0.3, -0.25) is 4.79 Å². The van der Waals surface area contributed by atoms with E-state index in [9.17, 15) is 18.0 Å². The quantitative estimate of drug-likeness (QED) is 0.267. The van der Waals surface area contributed by atoms with Gasteiger partial charge < -0.3 is 20.0 Å². The van der Waals surface area contributed by atoms with Gasteiger partial charge in [0.15, 0.2) is 0 Å². The fraction of sp³-hybridized carbons (Fsp3) is 0.222. The Morgan fingerprint density at radius 3 is 2.39 bits per heavy atom. The predicted molar refractivity (Wildman–Crippen MR) is 128 cm³/mol. The van der Waals surface area contributed by atoms with Crippen molar-refractivity contribution in [2.24, 2.45) is 5.73 Å². The number of aliphatic carboxylic acids is 1. The molecule has 0 aliphatic carbocycles. The highest BCUT2D eigenvalue weighted by Crippen LogP contribution is 2.41. The van der Waals surface area contributed by atoms with Crippen LogP contribution in [0.4, 0.5) is 17.6 Å². The number of carboxylic acid groups (broad SMARTS) is 1. The van der Waals surface area contributed by atoms with Crippen molar-refractivity contribution in [3.63, 3.8) is 0 Å². The summed E-state index contributed by atoms with van der Waals surface area (Å²) in [7, 11) is 0. The standard InChI is InChI=1S/C25H19F4NO4.C2H6/c26-23-16(11-30)5-3-6-17(23)18-8-14(9-19-20(25(27,28)29)13-34-24(18)19)12-33-21-7-2-1-4-15(21)10-22(31)32;1-2/h1-9,13H,10-12,30H2,(H,31,32);1-2H3. The molecule has 0 bridgehead atoms. The average molecular weight is 503 g/mol. The summed E-state index contributed by atoms with van der Waals surface area (Å²) in [5, 5.41) is 8.86. The zero-order valence-electron chi connectivity index (χ0n) is 19.7. The number of rotatable bonds is 7. The van der Waals surface area contributed by atoms with Gasteiger partial charge in [0, 0.05) is 34.2 Å². The Morgan fingerprint density at radius 1 is 1.03 bits per heavy atom. The molecular weight excluding hydrogens is 478 g/mol. The number of carbonyl (C=O) groups is 1. The van der Waals surface area contributed by atoms with Gasteiger partial charge in [-0.2, -0.15) is 13.2 Å². The Morgan fingerprint density at radius 2 is 1.72 bits per heavy atom. The molecule has 0 saturated carbocycles. The Labute approximate surface area is 205 Å². The van der Waals surface area contributed by atoms with Crippen LogP contribution >= 0.6 is 0 Å². The van der Waals surface area contributed by atoms with E-state index in [1.807, 2.05) is 13.8 Å². The number of benzene rings is 3. The SMILES string of the molecule is CC.NCc1cccc(-c2cc(COc3ccccc3CC(=O)O)cc3c(C(F)(F)F)coc23)c1F. The molecule has 1 aromatic heterocycles. The topological polar surface area (TPSA) is 85.7 Å². The van der Waals surface area contributed by atoms with E-state index in [4.69, 9.17) is 20.0 Å². The van der Waals surface area contributed by atoms with Crippen molar-refractivity contribution < 1.29 is 36.6 Å². The molecule has 0 saturated heterocycles. The Balaban J connectivity index is 0.00000176. The van der Waals surface area contributed by atoms with Crippen molar-refractivity contribution >= 4 is 16.9 Å². The van der Waals surface area contributed by atoms with Crippen LogP contribution in [-0.2, 0) is 30.5 Å². The van der Waals surface area contributed by atoms with Crippen LogP contribution in [-0.4, -0.2) is 11.1 Å². The second-order valence-electron chi connectivity index (χ2n) is 7.62. The molecule has 3 N–H and O–H groups in total. The van der Waals surface area contributed by atoms with E-state index < -0.39 is 23.5 Å². The minimum Gasteiger partial charge on any atom is -0.489 e. The number of hydrogen-bond donors (Lipinski definition) is 2. The molecule has 0 aliphatic heterocycles. The fourth-order valence-corrected chi connectivity index (χ4v) is 3.76. The number of furan rings is 1. The maximum absolute atomic E-state index is 15.1. The van der Waals surface area contributed by atoms with Crippen molar-refractivity contribution in [1.29, 1.82) is 0 Å². The Kier molecular flexibility index (Phi) is 8.37. The van der Waals surface area contributed by atoms with Crippen LogP contribution in [0.3, 0.4) is 0 Å². The Bertz CT molecular complexity index is 1360. The highest BCUT2D eigenvalue weighted by atomic mass is 19.4. The molecule has 3 aromatic carbocycles. The lowest BCUT2D eigenvalue weighted by Crippen LogP contribution is -2.05. The van der Waals surface area contributed by atoms with Crippen molar-refractivity contribution in [3.05, 3.63) is 88.9 Å². The first kappa shape index (κ1) is 26.7. The number of hydrogen-bond acceptors (Lipinski definition) is 4. The maximum Gasteiger partial charge on any atom is 0.420 e. The fourth-order valence-electron chi connectivity index (χ4n) is 3.76. The molecule has 0 aliphatic rings.